The Morgan fingerprint density at radius 3 is 1.57 bits per heavy atom. The third kappa shape index (κ3) is 30.7. The molecule has 590 valence electrons. The van der Waals surface area contributed by atoms with E-state index in [0.29, 0.717) is 72.5 Å². The molecule has 1 aliphatic heterocycles. The molecule has 35 heteroatoms. The van der Waals surface area contributed by atoms with Gasteiger partial charge in [-0.05, 0) is 148 Å². The summed E-state index contributed by atoms with van der Waals surface area (Å²) in [6.07, 6.45) is 7.25. The van der Waals surface area contributed by atoms with Crippen molar-refractivity contribution in [3.05, 3.63) is 83.4 Å². The average molecular weight is 1540 g/mol. The maximum absolute atomic E-state index is 14.9. The van der Waals surface area contributed by atoms with E-state index >= 15 is 0 Å². The first-order valence-corrected chi connectivity index (χ1v) is 40.4. The lowest BCUT2D eigenvalue weighted by Crippen LogP contribution is -2.54. The molecule has 3 aromatic rings. The number of nitrogens with two attached hydrogens (primary N) is 4. The predicted molar refractivity (Wildman–Crippen MR) is 398 cm³/mol. The van der Waals surface area contributed by atoms with Crippen LogP contribution >= 0.6 is 11.8 Å². The highest BCUT2D eigenvalue weighted by atomic mass is 32.2. The average Bonchev–Trinajstić information content (AvgIpc) is 1.66. The summed E-state index contributed by atoms with van der Waals surface area (Å²) in [6.45, 7) is 4.77. The zero-order valence-electron chi connectivity index (χ0n) is 62.0. The van der Waals surface area contributed by atoms with Gasteiger partial charge in [-0.2, -0.15) is 11.8 Å². The fourth-order valence-electron chi connectivity index (χ4n) is 11.9. The van der Waals surface area contributed by atoms with Crippen LogP contribution in [0.3, 0.4) is 0 Å². The van der Waals surface area contributed by atoms with Crippen molar-refractivity contribution in [1.82, 2.24) is 49.8 Å². The Bertz CT molecular complexity index is 3630. The van der Waals surface area contributed by atoms with E-state index in [0.717, 1.165) is 24.2 Å². The molecule has 0 bridgehead atoms. The minimum Gasteiger partial charge on any atom is -0.480 e. The molecule has 1 unspecified atom stereocenters. The van der Waals surface area contributed by atoms with Gasteiger partial charge in [-0.1, -0.05) is 77.3 Å². The van der Waals surface area contributed by atoms with E-state index in [1.807, 2.05) is 27.7 Å². The van der Waals surface area contributed by atoms with Crippen LogP contribution < -0.4 is 41.9 Å². The third-order valence-corrected chi connectivity index (χ3v) is 20.1. The van der Waals surface area contributed by atoms with Gasteiger partial charge >= 0.3 is 5.97 Å². The lowest BCUT2D eigenvalue weighted by Gasteiger charge is -2.37. The smallest absolute Gasteiger partial charge is 0.326 e. The van der Waals surface area contributed by atoms with Gasteiger partial charge in [0.05, 0.1) is 49.1 Å². The van der Waals surface area contributed by atoms with Crippen LogP contribution in [-0.4, -0.2) is 269 Å². The highest BCUT2D eigenvalue weighted by Gasteiger charge is 2.35. The lowest BCUT2D eigenvalue weighted by molar-refractivity contribution is -0.152. The van der Waals surface area contributed by atoms with E-state index in [1.54, 1.807) is 43.5 Å². The Balaban J connectivity index is 1.38. The molecule has 106 heavy (non-hydrogen) atoms. The fourth-order valence-corrected chi connectivity index (χ4v) is 13.4. The molecular weight excluding hydrogens is 1430 g/mol. The SMILES string of the molecule is CCOCN(CC(=O)N(CC(=O)N(CC(=O)N(CCCCN)CC(=O)N(CC(=O)N(CCCCN)CC(=O)NC(CCSC)C(=O)O)Cc1ccc2c(c1)OCO2)CC(C)C)CC(C)C)C(=O)CN(C(=O)CN(CCc1ccc(S(N)(=O)=O)cc1)C(=O)CNCc1ccc(S(N)(=O)=O)cc1)C1CCCCC1. The lowest BCUT2D eigenvalue weighted by atomic mass is 9.94. The summed E-state index contributed by atoms with van der Waals surface area (Å²) in [5.41, 5.74) is 13.5. The van der Waals surface area contributed by atoms with Crippen molar-refractivity contribution in [3.63, 3.8) is 0 Å². The zero-order valence-corrected chi connectivity index (χ0v) is 64.4. The second-order valence-corrected chi connectivity index (χ2v) is 31.3. The summed E-state index contributed by atoms with van der Waals surface area (Å²) in [7, 11) is -7.97. The molecule has 32 nitrogen and oxygen atoms in total. The van der Waals surface area contributed by atoms with Gasteiger partial charge in [0.1, 0.15) is 32.4 Å². The van der Waals surface area contributed by atoms with E-state index in [9.17, 15) is 69.9 Å². The van der Waals surface area contributed by atoms with Crippen molar-refractivity contribution in [2.75, 3.05) is 137 Å². The van der Waals surface area contributed by atoms with Crippen molar-refractivity contribution >= 4 is 90.9 Å². The summed E-state index contributed by atoms with van der Waals surface area (Å²) in [5.74, 6) is -6.03. The number of hydrogen-bond acceptors (Lipinski definition) is 21. The highest BCUT2D eigenvalue weighted by molar-refractivity contribution is 7.98. The normalized spacial score (nSPS) is 13.2. The number of benzene rings is 3. The summed E-state index contributed by atoms with van der Waals surface area (Å²) in [5, 5.41) is 26.0. The first-order chi connectivity index (χ1) is 50.3. The third-order valence-electron chi connectivity index (χ3n) is 17.6. The maximum Gasteiger partial charge on any atom is 0.326 e. The van der Waals surface area contributed by atoms with Gasteiger partial charge in [0.25, 0.3) is 0 Å². The van der Waals surface area contributed by atoms with Crippen LogP contribution in [0.1, 0.15) is 116 Å². The minimum absolute atomic E-state index is 0.0112. The van der Waals surface area contributed by atoms with Gasteiger partial charge in [-0.3, -0.25) is 43.2 Å². The van der Waals surface area contributed by atoms with Gasteiger partial charge in [-0.15, -0.1) is 0 Å². The first kappa shape index (κ1) is 88.6. The molecule has 0 spiro atoms. The number of aliphatic carboxylic acids is 1. The second kappa shape index (κ2) is 44.9. The number of thioether (sulfide) groups is 1. The highest BCUT2D eigenvalue weighted by Crippen LogP contribution is 2.33. The van der Waals surface area contributed by atoms with Crippen molar-refractivity contribution in [2.24, 2.45) is 33.6 Å². The molecule has 2 aliphatic rings. The number of rotatable bonds is 48. The van der Waals surface area contributed by atoms with E-state index < -0.39 is 144 Å². The van der Waals surface area contributed by atoms with Gasteiger partial charge in [0, 0.05) is 58.5 Å². The van der Waals surface area contributed by atoms with Crippen LogP contribution in [0.15, 0.2) is 76.5 Å². The monoisotopic (exact) mass is 1540 g/mol. The quantitative estimate of drug-likeness (QED) is 0.0309. The first-order valence-electron chi connectivity index (χ1n) is 35.9. The Morgan fingerprint density at radius 1 is 0.566 bits per heavy atom. The number of carboxylic acids is 1. The summed E-state index contributed by atoms with van der Waals surface area (Å²) >= 11 is 1.41. The number of primary sulfonamides is 2. The Labute approximate surface area is 627 Å². The molecule has 9 amide bonds. The predicted octanol–water partition coefficient (Wildman–Crippen LogP) is 1.31. The molecule has 1 fully saturated rings. The van der Waals surface area contributed by atoms with Crippen LogP contribution in [0.5, 0.6) is 11.5 Å². The standard InChI is InChI=1S/C71H110N14O18S3/c1-7-101-49-84(69(93)48-85(56-15-9-8-10-16-56)70(94)47-80(33-27-53-17-22-57(23-18-53)105(74,97)98)63(87)37-76-36-54-19-24-58(25-20-54)106(75,99)100)46-68(92)82(39-52(4)5)45-67(91)81(38-51(2)3)43-65(89)79(32-14-12-30-73)42-66(90)83(40-55-21-26-60-61(35-55)103-50-102-60)44-64(88)78(31-13-11-29-72)41-62(86)77-59(71(95)96)28-34-104-6/h17-26,35,51-52,56,59,76H,7-16,27-34,36-50,72-73H2,1-6H3,(H,77,86)(H,95,96)(H2,74,97,98)(H2,75,99,100). The molecule has 0 aromatic heterocycles. The van der Waals surface area contributed by atoms with Gasteiger partial charge in [-0.25, -0.2) is 31.9 Å². The summed E-state index contributed by atoms with van der Waals surface area (Å²) < 4.78 is 64.8. The number of sulfonamides is 2. The number of amides is 9. The molecule has 11 N–H and O–H groups in total. The molecule has 1 heterocycles. The minimum atomic E-state index is -4.01. The maximum atomic E-state index is 14.9. The van der Waals surface area contributed by atoms with E-state index in [1.165, 1.54) is 82.5 Å². The number of carboxylic acid groups (broad SMARTS) is 1. The zero-order chi connectivity index (χ0) is 78.1. The van der Waals surface area contributed by atoms with Crippen molar-refractivity contribution in [3.8, 4) is 11.5 Å². The van der Waals surface area contributed by atoms with Crippen LogP contribution in [0.25, 0.3) is 0 Å². The number of ether oxygens (including phenoxy) is 3. The number of unbranched alkanes of at least 4 members (excludes halogenated alkanes) is 2. The summed E-state index contributed by atoms with van der Waals surface area (Å²) in [4.78, 5) is 154. The van der Waals surface area contributed by atoms with Crippen molar-refractivity contribution in [2.45, 2.75) is 140 Å². The molecule has 1 aliphatic carbocycles. The molecule has 1 saturated carbocycles. The van der Waals surface area contributed by atoms with Gasteiger partial charge < -0.3 is 80.6 Å². The fraction of sp³-hybridized carbons (Fsp3) is 0.606. The number of nitrogens with one attached hydrogen (secondary N) is 2. The van der Waals surface area contributed by atoms with Gasteiger partial charge in [0.15, 0.2) is 11.5 Å². The Kier molecular flexibility index (Phi) is 37.6. The van der Waals surface area contributed by atoms with Crippen LogP contribution in [0.2, 0.25) is 0 Å². The van der Waals surface area contributed by atoms with Crippen LogP contribution in [0.4, 0.5) is 0 Å². The number of carbonyl (C=O) groups is 10. The van der Waals surface area contributed by atoms with Crippen molar-refractivity contribution < 1.29 is 84.1 Å². The number of hydrogen-bond donors (Lipinski definition) is 7. The Hall–Kier alpha value is -8.03. The number of carbonyl (C=O) groups excluding carboxylic acids is 9. The topological polar surface area (TPSA) is 441 Å². The molecule has 3 aromatic carbocycles. The van der Waals surface area contributed by atoms with E-state index in [2.05, 4.69) is 10.6 Å². The Morgan fingerprint density at radius 2 is 1.04 bits per heavy atom. The molecular formula is C71H110N14O18S3. The largest absolute Gasteiger partial charge is 0.480 e. The van der Waals surface area contributed by atoms with Crippen LogP contribution in [0, 0.1) is 11.8 Å². The van der Waals surface area contributed by atoms with Gasteiger partial charge in [0.2, 0.25) is 80.0 Å². The summed E-state index contributed by atoms with van der Waals surface area (Å²) in [6, 6.07) is 14.9. The number of nitrogens with zero attached hydrogens (tertiary/aromatic N) is 8. The van der Waals surface area contributed by atoms with Crippen molar-refractivity contribution in [1.29, 1.82) is 0 Å². The number of fused-ring (bicyclic) bond motifs is 1. The molecule has 5 rings (SSSR count). The molecule has 0 radical (unpaired) electrons. The molecule has 0 saturated heterocycles. The molecule has 1 atom stereocenters. The van der Waals surface area contributed by atoms with E-state index in [-0.39, 0.29) is 120 Å². The van der Waals surface area contributed by atoms with E-state index in [4.69, 9.17) is 36.0 Å². The second-order valence-electron chi connectivity index (χ2n) is 27.2. The van der Waals surface area contributed by atoms with Crippen LogP contribution in [-0.2, 0) is 92.2 Å².